The van der Waals surface area contributed by atoms with E-state index in [2.05, 4.69) is 5.32 Å². The van der Waals surface area contributed by atoms with Crippen LogP contribution in [0, 0.1) is 28.9 Å². The maximum Gasteiger partial charge on any atom is 0.338 e. The van der Waals surface area contributed by atoms with Gasteiger partial charge in [-0.05, 0) is 61.9 Å². The zero-order chi connectivity index (χ0) is 28.4. The summed E-state index contributed by atoms with van der Waals surface area (Å²) in [6, 6.07) is 20.2. The number of amides is 3. The Labute approximate surface area is 230 Å². The first-order valence-corrected chi connectivity index (χ1v) is 13.0. The predicted molar refractivity (Wildman–Crippen MR) is 146 cm³/mol. The molecule has 3 aromatic rings. The Morgan fingerprint density at radius 1 is 0.975 bits per heavy atom. The fourth-order valence-electron chi connectivity index (χ4n) is 5.53. The number of ether oxygens (including phenoxy) is 1. The van der Waals surface area contributed by atoms with Crippen LogP contribution in [0.1, 0.15) is 46.7 Å². The quantitative estimate of drug-likeness (QED) is 0.197. The molecular weight excluding hydrogens is 514 g/mol. The summed E-state index contributed by atoms with van der Waals surface area (Å²) in [5.74, 6) is -2.62. The minimum Gasteiger partial charge on any atom is -0.452 e. The van der Waals surface area contributed by atoms with Crippen molar-refractivity contribution in [3.8, 4) is 0 Å². The Morgan fingerprint density at radius 3 is 2.48 bits per heavy atom. The van der Waals surface area contributed by atoms with Crippen molar-refractivity contribution < 1.29 is 28.8 Å². The Bertz CT molecular complexity index is 1500. The molecule has 204 valence electrons. The number of anilines is 2. The van der Waals surface area contributed by atoms with Crippen molar-refractivity contribution in [3.05, 3.63) is 99.6 Å². The van der Waals surface area contributed by atoms with Crippen LogP contribution < -0.4 is 10.2 Å². The van der Waals surface area contributed by atoms with Crippen LogP contribution in [0.5, 0.6) is 0 Å². The highest BCUT2D eigenvalue weighted by Gasteiger charge is 2.50. The number of rotatable bonds is 7. The highest BCUT2D eigenvalue weighted by Crippen LogP contribution is 2.45. The summed E-state index contributed by atoms with van der Waals surface area (Å²) in [7, 11) is 0. The van der Waals surface area contributed by atoms with Gasteiger partial charge in [-0.15, -0.1) is 0 Å². The number of hydrogen-bond acceptors (Lipinski definition) is 7. The topological polar surface area (TPSA) is 136 Å². The molecule has 2 aliphatic rings. The number of aryl methyl sites for hydroxylation is 1. The van der Waals surface area contributed by atoms with E-state index in [1.54, 1.807) is 19.1 Å². The molecule has 3 amide bonds. The number of nitro groups is 1. The lowest BCUT2D eigenvalue weighted by Gasteiger charge is -2.28. The van der Waals surface area contributed by atoms with E-state index in [9.17, 15) is 29.3 Å². The molecular formula is C30H27N3O7. The van der Waals surface area contributed by atoms with E-state index in [0.29, 0.717) is 18.4 Å². The number of carbonyl (C=O) groups is 4. The number of nitrogens with zero attached hydrogens (tertiary/aromatic N) is 2. The summed E-state index contributed by atoms with van der Waals surface area (Å²) >= 11 is 0. The van der Waals surface area contributed by atoms with Gasteiger partial charge in [-0.2, -0.15) is 0 Å². The second kappa shape index (κ2) is 11.1. The monoisotopic (exact) mass is 541 g/mol. The van der Waals surface area contributed by atoms with Gasteiger partial charge in [0.2, 0.25) is 11.8 Å². The molecule has 10 nitrogen and oxygen atoms in total. The Morgan fingerprint density at radius 2 is 1.73 bits per heavy atom. The third-order valence-corrected chi connectivity index (χ3v) is 7.56. The van der Waals surface area contributed by atoms with E-state index in [1.807, 2.05) is 30.3 Å². The van der Waals surface area contributed by atoms with Gasteiger partial charge < -0.3 is 10.1 Å². The molecule has 0 bridgehead atoms. The number of hydrogen-bond donors (Lipinski definition) is 1. The van der Waals surface area contributed by atoms with E-state index >= 15 is 0 Å². The third-order valence-electron chi connectivity index (χ3n) is 7.56. The summed E-state index contributed by atoms with van der Waals surface area (Å²) in [6.07, 6.45) is 2.03. The van der Waals surface area contributed by atoms with E-state index in [0.717, 1.165) is 16.9 Å². The van der Waals surface area contributed by atoms with Gasteiger partial charge >= 0.3 is 5.97 Å². The molecule has 1 N–H and O–H groups in total. The highest BCUT2D eigenvalue weighted by atomic mass is 16.6. The lowest BCUT2D eigenvalue weighted by molar-refractivity contribution is -0.385. The van der Waals surface area contributed by atoms with E-state index < -0.39 is 29.3 Å². The molecule has 40 heavy (non-hydrogen) atoms. The summed E-state index contributed by atoms with van der Waals surface area (Å²) in [4.78, 5) is 63.3. The second-order valence-corrected chi connectivity index (χ2v) is 10.1. The van der Waals surface area contributed by atoms with Crippen molar-refractivity contribution in [2.75, 3.05) is 16.8 Å². The average Bonchev–Trinajstić information content (AvgIpc) is 3.21. The largest absolute Gasteiger partial charge is 0.452 e. The molecule has 1 aliphatic carbocycles. The van der Waals surface area contributed by atoms with Crippen molar-refractivity contribution in [1.29, 1.82) is 0 Å². The summed E-state index contributed by atoms with van der Waals surface area (Å²) in [5, 5.41) is 13.6. The lowest BCUT2D eigenvalue weighted by Crippen LogP contribution is -2.31. The Balaban J connectivity index is 1.23. The zero-order valence-electron chi connectivity index (χ0n) is 21.7. The van der Waals surface area contributed by atoms with Crippen LogP contribution in [0.15, 0.2) is 72.8 Å². The first kappa shape index (κ1) is 26.7. The molecule has 0 aromatic heterocycles. The van der Waals surface area contributed by atoms with Crippen molar-refractivity contribution in [2.24, 2.45) is 11.8 Å². The zero-order valence-corrected chi connectivity index (χ0v) is 21.7. The SMILES string of the molecule is Cc1ccc(NC(=O)COC(=O)c2cccc(N3C(=O)[C@H]4C[C@@H](c5ccccc5)CC[C@H]4C3=O)c2)cc1[N+](=O)[O-]. The molecule has 0 unspecified atom stereocenters. The van der Waals surface area contributed by atoms with Gasteiger partial charge in [-0.25, -0.2) is 4.79 Å². The molecule has 0 spiro atoms. The first-order chi connectivity index (χ1) is 19.2. The maximum absolute atomic E-state index is 13.4. The number of carbonyl (C=O) groups excluding carboxylic acids is 4. The first-order valence-electron chi connectivity index (χ1n) is 13.0. The molecule has 1 saturated carbocycles. The molecule has 1 aliphatic heterocycles. The number of nitro benzene ring substituents is 1. The summed E-state index contributed by atoms with van der Waals surface area (Å²) in [5.41, 5.74) is 2.02. The maximum atomic E-state index is 13.4. The van der Waals surface area contributed by atoms with Crippen LogP contribution in [0.4, 0.5) is 17.1 Å². The van der Waals surface area contributed by atoms with Crippen LogP contribution in [-0.2, 0) is 19.1 Å². The third kappa shape index (κ3) is 5.33. The second-order valence-electron chi connectivity index (χ2n) is 10.1. The number of fused-ring (bicyclic) bond motifs is 1. The molecule has 0 radical (unpaired) electrons. The average molecular weight is 542 g/mol. The molecule has 10 heteroatoms. The minimum atomic E-state index is -0.812. The van der Waals surface area contributed by atoms with Crippen LogP contribution in [0.25, 0.3) is 0 Å². The number of nitrogens with one attached hydrogen (secondary N) is 1. The van der Waals surface area contributed by atoms with Gasteiger partial charge in [0.15, 0.2) is 6.61 Å². The van der Waals surface area contributed by atoms with Crippen LogP contribution >= 0.6 is 0 Å². The van der Waals surface area contributed by atoms with E-state index in [4.69, 9.17) is 4.74 Å². The number of esters is 1. The van der Waals surface area contributed by atoms with E-state index in [-0.39, 0.29) is 46.3 Å². The molecule has 2 fully saturated rings. The van der Waals surface area contributed by atoms with Crippen molar-refractivity contribution in [3.63, 3.8) is 0 Å². The summed E-state index contributed by atoms with van der Waals surface area (Å²) < 4.78 is 5.12. The van der Waals surface area contributed by atoms with Gasteiger partial charge in [0.05, 0.1) is 28.0 Å². The van der Waals surface area contributed by atoms with Crippen molar-refractivity contribution in [1.82, 2.24) is 0 Å². The molecule has 1 heterocycles. The molecule has 5 rings (SSSR count). The van der Waals surface area contributed by atoms with Gasteiger partial charge in [0.1, 0.15) is 0 Å². The van der Waals surface area contributed by atoms with Crippen molar-refractivity contribution in [2.45, 2.75) is 32.1 Å². The lowest BCUT2D eigenvalue weighted by atomic mass is 9.73. The van der Waals surface area contributed by atoms with Crippen LogP contribution in [-0.4, -0.2) is 35.2 Å². The Hall–Kier alpha value is -4.86. The minimum absolute atomic E-state index is 0.0777. The Kier molecular flexibility index (Phi) is 7.41. The predicted octanol–water partition coefficient (Wildman–Crippen LogP) is 4.77. The molecule has 3 atom stereocenters. The van der Waals surface area contributed by atoms with Crippen molar-refractivity contribution >= 4 is 40.8 Å². The van der Waals surface area contributed by atoms with E-state index in [1.165, 1.54) is 30.3 Å². The van der Waals surface area contributed by atoms with Gasteiger partial charge in [0.25, 0.3) is 11.6 Å². The fourth-order valence-corrected chi connectivity index (χ4v) is 5.53. The van der Waals surface area contributed by atoms with Crippen LogP contribution in [0.3, 0.4) is 0 Å². The van der Waals surface area contributed by atoms with Gasteiger partial charge in [-0.3, -0.25) is 29.4 Å². The highest BCUT2D eigenvalue weighted by molar-refractivity contribution is 6.22. The van der Waals surface area contributed by atoms with Gasteiger partial charge in [-0.1, -0.05) is 42.5 Å². The summed E-state index contributed by atoms with van der Waals surface area (Å²) in [6.45, 7) is 0.954. The number of benzene rings is 3. The van der Waals surface area contributed by atoms with Gasteiger partial charge in [0, 0.05) is 17.3 Å². The fraction of sp³-hybridized carbons (Fsp3) is 0.267. The number of imide groups is 1. The molecule has 1 saturated heterocycles. The standard InChI is InChI=1S/C30H27N3O7/c1-18-10-12-22(16-26(18)33(38)39)31-27(34)17-40-30(37)21-8-5-9-23(14-21)32-28(35)24-13-11-20(15-25(24)29(32)36)19-6-3-2-4-7-19/h2-10,12,14,16,20,24-25H,11,13,15,17H2,1H3,(H,31,34)/t20-,24+,25-/m0/s1. The normalized spacial score (nSPS) is 20.1. The smallest absolute Gasteiger partial charge is 0.338 e. The molecule has 3 aromatic carbocycles. The van der Waals surface area contributed by atoms with Crippen LogP contribution in [0.2, 0.25) is 0 Å².